The molecular formula is C32H29N3O8S. The average molecular weight is 616 g/mol. The first-order chi connectivity index (χ1) is 21.2. The molecule has 0 radical (unpaired) electrons. The first-order valence-corrected chi connectivity index (χ1v) is 14.4. The number of methoxy groups -OCH3 is 2. The molecule has 1 aromatic heterocycles. The molecule has 0 spiro atoms. The summed E-state index contributed by atoms with van der Waals surface area (Å²) in [7, 11) is 3.05. The van der Waals surface area contributed by atoms with E-state index in [9.17, 15) is 19.7 Å². The van der Waals surface area contributed by atoms with Gasteiger partial charge in [-0.1, -0.05) is 29.5 Å². The van der Waals surface area contributed by atoms with Gasteiger partial charge in [0.05, 0.1) is 47.6 Å². The number of carbonyl (C=O) groups excluding carboxylic acids is 1. The maximum Gasteiger partial charge on any atom is 0.338 e. The molecule has 1 aliphatic heterocycles. The second kappa shape index (κ2) is 13.0. The lowest BCUT2D eigenvalue weighted by Gasteiger charge is -2.25. The first-order valence-electron chi connectivity index (χ1n) is 13.6. The van der Waals surface area contributed by atoms with Gasteiger partial charge in [0.1, 0.15) is 12.4 Å². The van der Waals surface area contributed by atoms with E-state index in [2.05, 4.69) is 4.99 Å². The van der Waals surface area contributed by atoms with Crippen LogP contribution in [0.2, 0.25) is 0 Å². The van der Waals surface area contributed by atoms with Crippen LogP contribution >= 0.6 is 11.3 Å². The fourth-order valence-electron chi connectivity index (χ4n) is 4.86. The molecule has 1 aliphatic rings. The van der Waals surface area contributed by atoms with Crippen LogP contribution in [0.1, 0.15) is 36.6 Å². The van der Waals surface area contributed by atoms with E-state index in [1.54, 1.807) is 62.4 Å². The van der Waals surface area contributed by atoms with Crippen molar-refractivity contribution in [3.63, 3.8) is 0 Å². The van der Waals surface area contributed by atoms with Crippen molar-refractivity contribution in [1.29, 1.82) is 0 Å². The van der Waals surface area contributed by atoms with Crippen LogP contribution in [0.15, 0.2) is 87.8 Å². The molecule has 0 N–H and O–H groups in total. The summed E-state index contributed by atoms with van der Waals surface area (Å²) in [5.74, 6) is 0.975. The minimum Gasteiger partial charge on any atom is -0.493 e. The van der Waals surface area contributed by atoms with Crippen molar-refractivity contribution in [3.05, 3.63) is 124 Å². The molecule has 0 bridgehead atoms. The van der Waals surface area contributed by atoms with Gasteiger partial charge in [0.25, 0.3) is 11.2 Å². The Morgan fingerprint density at radius 1 is 1.07 bits per heavy atom. The zero-order valence-electron chi connectivity index (χ0n) is 24.4. The molecule has 226 valence electrons. The highest BCUT2D eigenvalue weighted by atomic mass is 32.1. The zero-order chi connectivity index (χ0) is 31.4. The van der Waals surface area contributed by atoms with Crippen LogP contribution in [0.3, 0.4) is 0 Å². The van der Waals surface area contributed by atoms with Crippen molar-refractivity contribution in [1.82, 2.24) is 4.57 Å². The monoisotopic (exact) mass is 615 g/mol. The third-order valence-electron chi connectivity index (χ3n) is 6.95. The van der Waals surface area contributed by atoms with Gasteiger partial charge in [-0.2, -0.15) is 0 Å². The Balaban J connectivity index is 1.53. The number of hydrogen-bond donors (Lipinski definition) is 0. The third kappa shape index (κ3) is 6.11. The number of ether oxygens (including phenoxy) is 4. The van der Waals surface area contributed by atoms with Gasteiger partial charge in [0.15, 0.2) is 16.3 Å². The summed E-state index contributed by atoms with van der Waals surface area (Å²) in [5, 5.41) is 10.9. The van der Waals surface area contributed by atoms with Crippen molar-refractivity contribution >= 4 is 29.1 Å². The Bertz CT molecular complexity index is 1940. The maximum atomic E-state index is 14.0. The van der Waals surface area contributed by atoms with Gasteiger partial charge in [-0.25, -0.2) is 9.79 Å². The minimum atomic E-state index is -0.802. The summed E-state index contributed by atoms with van der Waals surface area (Å²) in [4.78, 5) is 42.6. The van der Waals surface area contributed by atoms with Crippen LogP contribution in [0, 0.1) is 10.1 Å². The number of hydrogen-bond acceptors (Lipinski definition) is 10. The summed E-state index contributed by atoms with van der Waals surface area (Å²) in [6.07, 6.45) is 1.75. The summed E-state index contributed by atoms with van der Waals surface area (Å²) in [6, 6.07) is 17.8. The second-order valence-electron chi connectivity index (χ2n) is 9.70. The van der Waals surface area contributed by atoms with Crippen LogP contribution < -0.4 is 29.1 Å². The Hall–Kier alpha value is -5.23. The maximum absolute atomic E-state index is 14.0. The number of rotatable bonds is 10. The van der Waals surface area contributed by atoms with Gasteiger partial charge in [-0.3, -0.25) is 19.5 Å². The fourth-order valence-corrected chi connectivity index (χ4v) is 5.90. The van der Waals surface area contributed by atoms with Crippen LogP contribution in [0.4, 0.5) is 5.69 Å². The SMILES string of the molecule is CCOC(=O)C1=C(C)N=c2s/c(=C/c3cccc(OCc4ccc([N+](=O)[O-])cc4)c3)c(=O)n2C1c1ccc(OC)c(OC)c1. The van der Waals surface area contributed by atoms with E-state index in [0.717, 1.165) is 11.1 Å². The van der Waals surface area contributed by atoms with E-state index in [1.165, 1.54) is 42.3 Å². The number of nitro groups is 1. The number of carbonyl (C=O) groups is 1. The normalized spacial score (nSPS) is 14.5. The van der Waals surface area contributed by atoms with Crippen LogP contribution in [-0.2, 0) is 16.1 Å². The van der Waals surface area contributed by atoms with Gasteiger partial charge in [-0.15, -0.1) is 0 Å². The molecule has 4 aromatic rings. The average Bonchev–Trinajstić information content (AvgIpc) is 3.33. The highest BCUT2D eigenvalue weighted by Crippen LogP contribution is 2.36. The van der Waals surface area contributed by atoms with E-state index in [0.29, 0.717) is 37.8 Å². The smallest absolute Gasteiger partial charge is 0.338 e. The molecular weight excluding hydrogens is 586 g/mol. The van der Waals surface area contributed by atoms with E-state index in [4.69, 9.17) is 18.9 Å². The van der Waals surface area contributed by atoms with Crippen LogP contribution in [0.25, 0.3) is 6.08 Å². The molecule has 12 heteroatoms. The topological polar surface area (TPSA) is 131 Å². The van der Waals surface area contributed by atoms with Crippen LogP contribution in [0.5, 0.6) is 17.2 Å². The number of allylic oxidation sites excluding steroid dienone is 1. The van der Waals surface area contributed by atoms with Crippen molar-refractivity contribution in [3.8, 4) is 17.2 Å². The Kier molecular flexibility index (Phi) is 8.91. The fraction of sp³-hybridized carbons (Fsp3) is 0.219. The van der Waals surface area contributed by atoms with Crippen molar-refractivity contribution < 1.29 is 28.7 Å². The predicted octanol–water partition coefficient (Wildman–Crippen LogP) is 4.30. The number of fused-ring (bicyclic) bond motifs is 1. The number of benzene rings is 3. The van der Waals surface area contributed by atoms with Gasteiger partial charge >= 0.3 is 5.97 Å². The molecule has 0 aliphatic carbocycles. The summed E-state index contributed by atoms with van der Waals surface area (Å²) in [6.45, 7) is 3.83. The Morgan fingerprint density at radius 2 is 1.82 bits per heavy atom. The van der Waals surface area contributed by atoms with Crippen molar-refractivity contribution in [2.45, 2.75) is 26.5 Å². The number of thiazole rings is 1. The molecule has 1 atom stereocenters. The number of esters is 1. The molecule has 0 saturated carbocycles. The Labute approximate surface area is 256 Å². The lowest BCUT2D eigenvalue weighted by atomic mass is 9.95. The molecule has 0 fully saturated rings. The van der Waals surface area contributed by atoms with E-state index >= 15 is 0 Å². The van der Waals surface area contributed by atoms with Crippen molar-refractivity contribution in [2.24, 2.45) is 4.99 Å². The highest BCUT2D eigenvalue weighted by Gasteiger charge is 2.34. The predicted molar refractivity (Wildman–Crippen MR) is 164 cm³/mol. The van der Waals surface area contributed by atoms with Crippen LogP contribution in [-0.4, -0.2) is 36.3 Å². The highest BCUT2D eigenvalue weighted by molar-refractivity contribution is 7.07. The zero-order valence-corrected chi connectivity index (χ0v) is 25.3. The summed E-state index contributed by atoms with van der Waals surface area (Å²) in [5.41, 5.74) is 2.54. The molecule has 5 rings (SSSR count). The van der Waals surface area contributed by atoms with Gasteiger partial charge in [0, 0.05) is 12.1 Å². The number of nitrogens with zero attached hydrogens (tertiary/aromatic N) is 3. The molecule has 1 unspecified atom stereocenters. The van der Waals surface area contributed by atoms with Crippen molar-refractivity contribution in [2.75, 3.05) is 20.8 Å². The molecule has 3 aromatic carbocycles. The number of non-ortho nitro benzene ring substituents is 1. The molecule has 11 nitrogen and oxygen atoms in total. The second-order valence-corrected chi connectivity index (χ2v) is 10.7. The largest absolute Gasteiger partial charge is 0.493 e. The number of aromatic nitrogens is 1. The van der Waals surface area contributed by atoms with Gasteiger partial charge in [-0.05, 0) is 73.0 Å². The molecule has 2 heterocycles. The third-order valence-corrected chi connectivity index (χ3v) is 7.93. The summed E-state index contributed by atoms with van der Waals surface area (Å²) >= 11 is 1.21. The van der Waals surface area contributed by atoms with E-state index < -0.39 is 16.9 Å². The van der Waals surface area contributed by atoms with E-state index in [1.807, 2.05) is 12.1 Å². The van der Waals surface area contributed by atoms with Gasteiger partial charge in [0.2, 0.25) is 0 Å². The lowest BCUT2D eigenvalue weighted by Crippen LogP contribution is -2.39. The van der Waals surface area contributed by atoms with E-state index in [-0.39, 0.29) is 30.0 Å². The Morgan fingerprint density at radius 3 is 2.50 bits per heavy atom. The molecule has 44 heavy (non-hydrogen) atoms. The summed E-state index contributed by atoms with van der Waals surface area (Å²) < 4.78 is 24.1. The lowest BCUT2D eigenvalue weighted by molar-refractivity contribution is -0.384. The van der Waals surface area contributed by atoms with Gasteiger partial charge < -0.3 is 18.9 Å². The quantitative estimate of drug-likeness (QED) is 0.147. The minimum absolute atomic E-state index is 0.00940. The standard InChI is InChI=1S/C32H29N3O8S/c1-5-42-31(37)28-19(2)33-32-34(29(28)22-11-14-25(40-3)26(17-22)41-4)30(36)27(44-32)16-21-7-6-8-24(15-21)43-18-20-9-12-23(13-10-20)35(38)39/h6-17,29H,5,18H2,1-4H3/b27-16+. The molecule has 0 saturated heterocycles. The first kappa shape index (κ1) is 30.2. The molecule has 0 amide bonds. The number of nitro benzene ring substituents is 1.